The molecule has 0 radical (unpaired) electrons. The number of rotatable bonds is 3. The van der Waals surface area contributed by atoms with Crippen LogP contribution >= 0.6 is 0 Å². The number of carbonyl (C=O) groups excluding carboxylic acids is 1. The zero-order valence-corrected chi connectivity index (χ0v) is 16.8. The standard InChI is InChI=1S/C23H29NO4/c1-16(2)22-23(25)24-19-8-4-5-10-21(19)28-20(9-6-7-15-27-22)17-11-13-18(26-3)14-12-17/h4-5,8,10-14,16,20,22H,6-7,9,15H2,1-3H3,(H,24,25). The third-order valence-electron chi connectivity index (χ3n) is 4.92. The van der Waals surface area contributed by atoms with Crippen molar-refractivity contribution >= 4 is 11.6 Å². The minimum Gasteiger partial charge on any atom is -0.497 e. The van der Waals surface area contributed by atoms with Gasteiger partial charge >= 0.3 is 0 Å². The number of fused-ring (bicyclic) bond motifs is 1. The van der Waals surface area contributed by atoms with Crippen molar-refractivity contribution in [3.63, 3.8) is 0 Å². The van der Waals surface area contributed by atoms with Crippen LogP contribution in [0.5, 0.6) is 11.5 Å². The Morgan fingerprint density at radius 2 is 1.82 bits per heavy atom. The maximum Gasteiger partial charge on any atom is 0.253 e. The number of nitrogens with one attached hydrogen (secondary N) is 1. The first-order chi connectivity index (χ1) is 13.6. The molecule has 2 aromatic carbocycles. The third-order valence-corrected chi connectivity index (χ3v) is 4.92. The minimum absolute atomic E-state index is 0.100. The van der Waals surface area contributed by atoms with Crippen molar-refractivity contribution in [3.8, 4) is 11.5 Å². The molecule has 0 bridgehead atoms. The summed E-state index contributed by atoms with van der Waals surface area (Å²) in [6.45, 7) is 4.56. The normalized spacial score (nSPS) is 20.9. The molecule has 1 amide bonds. The summed E-state index contributed by atoms with van der Waals surface area (Å²) in [4.78, 5) is 12.8. The highest BCUT2D eigenvalue weighted by atomic mass is 16.5. The lowest BCUT2D eigenvalue weighted by Gasteiger charge is -2.25. The highest BCUT2D eigenvalue weighted by Gasteiger charge is 2.25. The largest absolute Gasteiger partial charge is 0.497 e. The SMILES string of the molecule is COc1ccc(C2CCCCOC(C(C)C)C(=O)Nc3ccccc3O2)cc1. The summed E-state index contributed by atoms with van der Waals surface area (Å²) in [7, 11) is 1.66. The van der Waals surface area contributed by atoms with Gasteiger partial charge in [-0.25, -0.2) is 0 Å². The Labute approximate surface area is 167 Å². The Morgan fingerprint density at radius 1 is 1.07 bits per heavy atom. The molecule has 0 saturated heterocycles. The number of hydrogen-bond donors (Lipinski definition) is 1. The molecular weight excluding hydrogens is 354 g/mol. The zero-order valence-electron chi connectivity index (χ0n) is 16.8. The van der Waals surface area contributed by atoms with E-state index < -0.39 is 6.10 Å². The van der Waals surface area contributed by atoms with Crippen LogP contribution in [0.25, 0.3) is 0 Å². The number of anilines is 1. The summed E-state index contributed by atoms with van der Waals surface area (Å²) in [5.74, 6) is 1.45. The summed E-state index contributed by atoms with van der Waals surface area (Å²) in [5, 5.41) is 2.99. The van der Waals surface area contributed by atoms with Crippen molar-refractivity contribution in [3.05, 3.63) is 54.1 Å². The molecular formula is C23H29NO4. The van der Waals surface area contributed by atoms with E-state index >= 15 is 0 Å². The molecule has 3 rings (SSSR count). The fourth-order valence-corrected chi connectivity index (χ4v) is 3.35. The number of carbonyl (C=O) groups is 1. The minimum atomic E-state index is -0.468. The van der Waals surface area contributed by atoms with Gasteiger partial charge in [-0.1, -0.05) is 38.1 Å². The first-order valence-corrected chi connectivity index (χ1v) is 9.90. The molecule has 0 aromatic heterocycles. The maximum atomic E-state index is 12.8. The van der Waals surface area contributed by atoms with Crippen LogP contribution in [-0.4, -0.2) is 25.7 Å². The molecule has 150 valence electrons. The van der Waals surface area contributed by atoms with Crippen LogP contribution in [0.3, 0.4) is 0 Å². The van der Waals surface area contributed by atoms with Gasteiger partial charge in [-0.05, 0) is 55.0 Å². The van der Waals surface area contributed by atoms with Gasteiger partial charge in [0.05, 0.1) is 12.8 Å². The molecule has 0 fully saturated rings. The molecule has 1 N–H and O–H groups in total. The monoisotopic (exact) mass is 383 g/mol. The Bertz CT molecular complexity index is 772. The molecule has 0 aliphatic carbocycles. The Kier molecular flexibility index (Phi) is 6.93. The third kappa shape index (κ3) is 5.04. The lowest BCUT2D eigenvalue weighted by Crippen LogP contribution is -2.35. The Balaban J connectivity index is 1.88. The van der Waals surface area contributed by atoms with E-state index in [2.05, 4.69) is 5.32 Å². The number of ether oxygens (including phenoxy) is 3. The summed E-state index contributed by atoms with van der Waals surface area (Å²) in [5.41, 5.74) is 1.75. The lowest BCUT2D eigenvalue weighted by atomic mass is 10.0. The van der Waals surface area contributed by atoms with E-state index in [1.807, 2.05) is 62.4 Å². The first kappa shape index (κ1) is 20.2. The van der Waals surface area contributed by atoms with Crippen molar-refractivity contribution in [1.82, 2.24) is 0 Å². The molecule has 1 aliphatic rings. The molecule has 1 heterocycles. The topological polar surface area (TPSA) is 56.8 Å². The van der Waals surface area contributed by atoms with Crippen molar-refractivity contribution in [2.24, 2.45) is 5.92 Å². The molecule has 2 aromatic rings. The summed E-state index contributed by atoms with van der Waals surface area (Å²) in [6.07, 6.45) is 2.12. The number of hydrogen-bond acceptors (Lipinski definition) is 4. The molecule has 2 unspecified atom stereocenters. The van der Waals surface area contributed by atoms with Crippen molar-refractivity contribution in [1.29, 1.82) is 0 Å². The number of para-hydroxylation sites is 2. The van der Waals surface area contributed by atoms with Gasteiger partial charge in [0, 0.05) is 6.61 Å². The zero-order chi connectivity index (χ0) is 19.9. The number of methoxy groups -OCH3 is 1. The van der Waals surface area contributed by atoms with Crippen LogP contribution in [-0.2, 0) is 9.53 Å². The van der Waals surface area contributed by atoms with E-state index in [0.717, 1.165) is 30.6 Å². The molecule has 5 heteroatoms. The highest BCUT2D eigenvalue weighted by molar-refractivity contribution is 5.95. The maximum absolute atomic E-state index is 12.8. The number of benzene rings is 2. The van der Waals surface area contributed by atoms with Crippen molar-refractivity contribution in [2.45, 2.75) is 45.3 Å². The van der Waals surface area contributed by atoms with Crippen LogP contribution in [0.4, 0.5) is 5.69 Å². The summed E-state index contributed by atoms with van der Waals surface area (Å²) in [6, 6.07) is 15.5. The van der Waals surface area contributed by atoms with E-state index in [0.29, 0.717) is 18.0 Å². The van der Waals surface area contributed by atoms with E-state index in [1.165, 1.54) is 0 Å². The van der Waals surface area contributed by atoms with Crippen LogP contribution in [0.1, 0.15) is 44.8 Å². The van der Waals surface area contributed by atoms with Gasteiger partial charge in [0.25, 0.3) is 5.91 Å². The smallest absolute Gasteiger partial charge is 0.253 e. The van der Waals surface area contributed by atoms with E-state index in [1.54, 1.807) is 7.11 Å². The van der Waals surface area contributed by atoms with Crippen LogP contribution in [0.15, 0.2) is 48.5 Å². The van der Waals surface area contributed by atoms with Gasteiger partial charge in [-0.15, -0.1) is 0 Å². The van der Waals surface area contributed by atoms with Gasteiger partial charge in [-0.2, -0.15) is 0 Å². The molecule has 28 heavy (non-hydrogen) atoms. The van der Waals surface area contributed by atoms with Crippen LogP contribution in [0.2, 0.25) is 0 Å². The highest BCUT2D eigenvalue weighted by Crippen LogP contribution is 2.33. The van der Waals surface area contributed by atoms with Gasteiger partial charge in [0.2, 0.25) is 0 Å². The molecule has 2 atom stereocenters. The predicted molar refractivity (Wildman–Crippen MR) is 110 cm³/mol. The molecule has 0 saturated carbocycles. The fraction of sp³-hybridized carbons (Fsp3) is 0.435. The average molecular weight is 383 g/mol. The van der Waals surface area contributed by atoms with Crippen molar-refractivity contribution < 1.29 is 19.0 Å². The summed E-state index contributed by atoms with van der Waals surface area (Å²) >= 11 is 0. The number of amides is 1. The Morgan fingerprint density at radius 3 is 2.54 bits per heavy atom. The van der Waals surface area contributed by atoms with Crippen molar-refractivity contribution in [2.75, 3.05) is 19.0 Å². The van der Waals surface area contributed by atoms with E-state index in [4.69, 9.17) is 14.2 Å². The second kappa shape index (κ2) is 9.60. The first-order valence-electron chi connectivity index (χ1n) is 9.90. The molecule has 1 aliphatic heterocycles. The average Bonchev–Trinajstić information content (AvgIpc) is 2.69. The second-order valence-corrected chi connectivity index (χ2v) is 7.40. The van der Waals surface area contributed by atoms with E-state index in [-0.39, 0.29) is 17.9 Å². The molecule has 5 nitrogen and oxygen atoms in total. The summed E-state index contributed by atoms with van der Waals surface area (Å²) < 4.78 is 17.5. The van der Waals surface area contributed by atoms with Gasteiger partial charge < -0.3 is 19.5 Å². The van der Waals surface area contributed by atoms with Crippen LogP contribution < -0.4 is 14.8 Å². The van der Waals surface area contributed by atoms with Gasteiger partial charge in [-0.3, -0.25) is 4.79 Å². The Hall–Kier alpha value is -2.53. The van der Waals surface area contributed by atoms with Gasteiger partial charge in [0.15, 0.2) is 0 Å². The molecule has 0 spiro atoms. The van der Waals surface area contributed by atoms with Crippen LogP contribution in [0, 0.1) is 5.92 Å². The van der Waals surface area contributed by atoms with E-state index in [9.17, 15) is 4.79 Å². The second-order valence-electron chi connectivity index (χ2n) is 7.40. The van der Waals surface area contributed by atoms with Gasteiger partial charge in [0.1, 0.15) is 23.7 Å². The fourth-order valence-electron chi connectivity index (χ4n) is 3.35. The predicted octanol–water partition coefficient (Wildman–Crippen LogP) is 4.98. The quantitative estimate of drug-likeness (QED) is 0.812. The lowest BCUT2D eigenvalue weighted by molar-refractivity contribution is -0.130.